The molecule has 22 heavy (non-hydrogen) atoms. The molecule has 0 aliphatic carbocycles. The normalized spacial score (nSPS) is 10.3. The van der Waals surface area contributed by atoms with Crippen LogP contribution in [0.1, 0.15) is 12.1 Å². The zero-order valence-electron chi connectivity index (χ0n) is 12.5. The predicted molar refractivity (Wildman–Crippen MR) is 80.8 cm³/mol. The third kappa shape index (κ3) is 7.23. The summed E-state index contributed by atoms with van der Waals surface area (Å²) in [5.74, 6) is -0.524. The number of carbonyl (C=O) groups is 2. The van der Waals surface area contributed by atoms with Gasteiger partial charge in [0.05, 0.1) is 25.0 Å². The van der Waals surface area contributed by atoms with Gasteiger partial charge in [-0.3, -0.25) is 14.4 Å². The highest BCUT2D eigenvalue weighted by molar-refractivity contribution is 7.99. The molecule has 0 atom stereocenters. The van der Waals surface area contributed by atoms with Crippen LogP contribution >= 0.6 is 11.8 Å². The maximum atomic E-state index is 11.6. The number of amides is 1. The number of hydrogen-bond acceptors (Lipinski definition) is 7. The molecule has 0 radical (unpaired) electrons. The van der Waals surface area contributed by atoms with E-state index in [9.17, 15) is 14.4 Å². The summed E-state index contributed by atoms with van der Waals surface area (Å²) in [7, 11) is 2.86. The zero-order valence-corrected chi connectivity index (χ0v) is 13.3. The van der Waals surface area contributed by atoms with E-state index in [0.717, 1.165) is 18.2 Å². The molecule has 0 aromatic carbocycles. The molecule has 0 saturated heterocycles. The monoisotopic (exact) mass is 329 g/mol. The van der Waals surface area contributed by atoms with Crippen LogP contribution in [0.2, 0.25) is 0 Å². The van der Waals surface area contributed by atoms with Gasteiger partial charge in [0.15, 0.2) is 5.16 Å². The highest BCUT2D eigenvalue weighted by Crippen LogP contribution is 2.11. The van der Waals surface area contributed by atoms with Gasteiger partial charge in [-0.25, -0.2) is 4.98 Å². The number of methoxy groups -OCH3 is 2. The summed E-state index contributed by atoms with van der Waals surface area (Å²) in [5.41, 5.74) is -0.0736. The summed E-state index contributed by atoms with van der Waals surface area (Å²) in [6.07, 6.45) is 0.647. The first-order valence-corrected chi connectivity index (χ1v) is 7.59. The maximum absolute atomic E-state index is 11.6. The molecule has 0 aliphatic heterocycles. The first kappa shape index (κ1) is 18.2. The SMILES string of the molecule is COCCCNC(=O)CSc1nc(CC(=O)OC)cc(=O)[nH]1. The molecular formula is C13H19N3O5S. The minimum atomic E-state index is -0.482. The lowest BCUT2D eigenvalue weighted by Crippen LogP contribution is -2.27. The second kappa shape index (κ2) is 9.96. The van der Waals surface area contributed by atoms with Crippen LogP contribution in [0.25, 0.3) is 0 Å². The molecule has 0 bridgehead atoms. The fraction of sp³-hybridized carbons (Fsp3) is 0.538. The number of aromatic amines is 1. The summed E-state index contributed by atoms with van der Waals surface area (Å²) in [6.45, 7) is 1.11. The van der Waals surface area contributed by atoms with Crippen LogP contribution in [0, 0.1) is 0 Å². The third-order valence-corrected chi connectivity index (χ3v) is 3.39. The summed E-state index contributed by atoms with van der Waals surface area (Å²) in [5, 5.41) is 3.01. The van der Waals surface area contributed by atoms with Gasteiger partial charge in [0.1, 0.15) is 0 Å². The van der Waals surface area contributed by atoms with Crippen molar-refractivity contribution in [3.05, 3.63) is 22.1 Å². The number of rotatable bonds is 9. The lowest BCUT2D eigenvalue weighted by molar-refractivity contribution is -0.139. The molecule has 0 unspecified atom stereocenters. The summed E-state index contributed by atoms with van der Waals surface area (Å²) in [4.78, 5) is 40.9. The number of H-pyrrole nitrogens is 1. The second-order valence-electron chi connectivity index (χ2n) is 4.28. The molecule has 0 saturated carbocycles. The predicted octanol–water partition coefficient (Wildman–Crippen LogP) is -0.270. The smallest absolute Gasteiger partial charge is 0.311 e. The number of hydrogen-bond donors (Lipinski definition) is 2. The van der Waals surface area contributed by atoms with Crippen LogP contribution in [0.5, 0.6) is 0 Å². The lowest BCUT2D eigenvalue weighted by Gasteiger charge is -2.05. The van der Waals surface area contributed by atoms with E-state index in [4.69, 9.17) is 4.74 Å². The average molecular weight is 329 g/mol. The Morgan fingerprint density at radius 3 is 2.86 bits per heavy atom. The van der Waals surface area contributed by atoms with Crippen molar-refractivity contribution in [3.8, 4) is 0 Å². The number of carbonyl (C=O) groups excluding carboxylic acids is 2. The van der Waals surface area contributed by atoms with Gasteiger partial charge in [-0.1, -0.05) is 11.8 Å². The van der Waals surface area contributed by atoms with Gasteiger partial charge < -0.3 is 19.8 Å². The quantitative estimate of drug-likeness (QED) is 0.278. The Balaban J connectivity index is 2.49. The van der Waals surface area contributed by atoms with Gasteiger partial charge in [0.2, 0.25) is 5.91 Å². The van der Waals surface area contributed by atoms with E-state index >= 15 is 0 Å². The van der Waals surface area contributed by atoms with Crippen LogP contribution in [0.3, 0.4) is 0 Å². The Kier molecular flexibility index (Phi) is 8.23. The van der Waals surface area contributed by atoms with E-state index in [1.807, 2.05) is 0 Å². The molecule has 0 fully saturated rings. The number of thioether (sulfide) groups is 1. The number of nitrogens with zero attached hydrogens (tertiary/aromatic N) is 1. The molecule has 1 aromatic heterocycles. The van der Waals surface area contributed by atoms with Crippen LogP contribution in [0.15, 0.2) is 16.0 Å². The average Bonchev–Trinajstić information content (AvgIpc) is 2.49. The fourth-order valence-corrected chi connectivity index (χ4v) is 2.22. The van der Waals surface area contributed by atoms with E-state index < -0.39 is 5.97 Å². The van der Waals surface area contributed by atoms with Crippen molar-refractivity contribution in [3.63, 3.8) is 0 Å². The van der Waals surface area contributed by atoms with E-state index in [-0.39, 0.29) is 23.6 Å². The van der Waals surface area contributed by atoms with Crippen molar-refractivity contribution < 1.29 is 19.1 Å². The standard InChI is InChI=1S/C13H19N3O5S/c1-20-5-3-4-14-11(18)8-22-13-15-9(6-10(17)16-13)7-12(19)21-2/h6H,3-5,7-8H2,1-2H3,(H,14,18)(H,15,16,17). The van der Waals surface area contributed by atoms with Crippen molar-refractivity contribution in [2.24, 2.45) is 0 Å². The van der Waals surface area contributed by atoms with Crippen molar-refractivity contribution in [2.75, 3.05) is 33.1 Å². The van der Waals surface area contributed by atoms with Gasteiger partial charge in [0, 0.05) is 26.3 Å². The van der Waals surface area contributed by atoms with E-state index in [1.54, 1.807) is 7.11 Å². The molecular weight excluding hydrogens is 310 g/mol. The number of esters is 1. The summed E-state index contributed by atoms with van der Waals surface area (Å²) in [6, 6.07) is 1.23. The second-order valence-corrected chi connectivity index (χ2v) is 5.24. The number of aromatic nitrogens is 2. The van der Waals surface area contributed by atoms with Crippen molar-refractivity contribution in [1.82, 2.24) is 15.3 Å². The molecule has 0 aliphatic rings. The Labute approximate surface area is 132 Å². The minimum absolute atomic E-state index is 0.0861. The Hall–Kier alpha value is -1.87. The number of ether oxygens (including phenoxy) is 2. The Morgan fingerprint density at radius 2 is 2.18 bits per heavy atom. The van der Waals surface area contributed by atoms with Crippen molar-refractivity contribution >= 4 is 23.6 Å². The maximum Gasteiger partial charge on any atom is 0.311 e. The Morgan fingerprint density at radius 1 is 1.41 bits per heavy atom. The molecule has 1 heterocycles. The minimum Gasteiger partial charge on any atom is -0.469 e. The van der Waals surface area contributed by atoms with Gasteiger partial charge in [-0.05, 0) is 6.42 Å². The molecule has 1 amide bonds. The molecule has 2 N–H and O–H groups in total. The molecule has 1 aromatic rings. The lowest BCUT2D eigenvalue weighted by atomic mass is 10.3. The largest absolute Gasteiger partial charge is 0.469 e. The van der Waals surface area contributed by atoms with Crippen molar-refractivity contribution in [1.29, 1.82) is 0 Å². The molecule has 1 rings (SSSR count). The van der Waals surface area contributed by atoms with Gasteiger partial charge in [-0.2, -0.15) is 0 Å². The highest BCUT2D eigenvalue weighted by atomic mass is 32.2. The van der Waals surface area contributed by atoms with E-state index in [2.05, 4.69) is 20.0 Å². The van der Waals surface area contributed by atoms with Gasteiger partial charge in [0.25, 0.3) is 5.56 Å². The van der Waals surface area contributed by atoms with Crippen molar-refractivity contribution in [2.45, 2.75) is 18.0 Å². The number of nitrogens with one attached hydrogen (secondary N) is 2. The van der Waals surface area contributed by atoms with Gasteiger partial charge in [-0.15, -0.1) is 0 Å². The zero-order chi connectivity index (χ0) is 16.4. The van der Waals surface area contributed by atoms with Gasteiger partial charge >= 0.3 is 5.97 Å². The summed E-state index contributed by atoms with van der Waals surface area (Å²) >= 11 is 1.09. The summed E-state index contributed by atoms with van der Waals surface area (Å²) < 4.78 is 9.40. The molecule has 8 nitrogen and oxygen atoms in total. The van der Waals surface area contributed by atoms with E-state index in [1.165, 1.54) is 13.2 Å². The van der Waals surface area contributed by atoms with E-state index in [0.29, 0.717) is 24.0 Å². The van der Waals surface area contributed by atoms with Crippen LogP contribution < -0.4 is 10.9 Å². The van der Waals surface area contributed by atoms with Crippen LogP contribution in [-0.2, 0) is 25.5 Å². The first-order valence-electron chi connectivity index (χ1n) is 6.60. The van der Waals surface area contributed by atoms with Crippen LogP contribution in [-0.4, -0.2) is 55.0 Å². The fourth-order valence-electron chi connectivity index (χ4n) is 1.49. The van der Waals surface area contributed by atoms with Crippen LogP contribution in [0.4, 0.5) is 0 Å². The third-order valence-electron chi connectivity index (χ3n) is 2.51. The Bertz CT molecular complexity index is 561. The molecule has 0 spiro atoms. The molecule has 122 valence electrons. The highest BCUT2D eigenvalue weighted by Gasteiger charge is 2.09. The first-order chi connectivity index (χ1) is 10.5. The molecule has 9 heteroatoms. The topological polar surface area (TPSA) is 110 Å².